The molecule has 0 aliphatic heterocycles. The first-order chi connectivity index (χ1) is 20.5. The molecule has 3 N–H and O–H groups in total. The summed E-state index contributed by atoms with van der Waals surface area (Å²) in [5, 5.41) is 38.9. The number of benzene rings is 3. The van der Waals surface area contributed by atoms with Crippen LogP contribution >= 0.6 is 0 Å². The maximum Gasteiger partial charge on any atom is 0.271 e. The molecule has 6 aromatic rings. The van der Waals surface area contributed by atoms with E-state index in [0.717, 1.165) is 38.8 Å². The van der Waals surface area contributed by atoms with Gasteiger partial charge in [0, 0.05) is 51.8 Å². The maximum absolute atomic E-state index is 12.3. The van der Waals surface area contributed by atoms with E-state index >= 15 is 0 Å². The van der Waals surface area contributed by atoms with Gasteiger partial charge in [-0.15, -0.1) is 0 Å². The third kappa shape index (κ3) is 6.72. The molecule has 0 aliphatic carbocycles. The number of non-ortho nitro benzene ring substituents is 2. The first-order valence-corrected chi connectivity index (χ1v) is 13.1. The zero-order valence-electron chi connectivity index (χ0n) is 23.6. The summed E-state index contributed by atoms with van der Waals surface area (Å²) in [5.41, 5.74) is 11.1. The number of nitro groups is 2. The van der Waals surface area contributed by atoms with Gasteiger partial charge in [0.15, 0.2) is 0 Å². The fraction of sp³-hybridized carbons (Fsp3) is 0.250. The molecule has 0 saturated heterocycles. The Kier molecular flexibility index (Phi) is 9.23. The number of nitrogens with zero attached hydrogens (tertiary/aromatic N) is 7. The number of hydrogen-bond acceptors (Lipinski definition) is 8. The molecule has 0 radical (unpaired) electrons. The van der Waals surface area contributed by atoms with Crippen molar-refractivity contribution in [2.24, 2.45) is 0 Å². The van der Waals surface area contributed by atoms with Gasteiger partial charge in [-0.2, -0.15) is 15.3 Å². The second-order valence-electron chi connectivity index (χ2n) is 9.54. The molecule has 15 heteroatoms. The van der Waals surface area contributed by atoms with Crippen molar-refractivity contribution in [1.29, 1.82) is 0 Å². The Morgan fingerprint density at radius 1 is 0.767 bits per heavy atom. The summed E-state index contributed by atoms with van der Waals surface area (Å²) in [5.74, 6) is 0. The fourth-order valence-corrected chi connectivity index (χ4v) is 4.55. The van der Waals surface area contributed by atoms with Gasteiger partial charge in [0.25, 0.3) is 11.4 Å². The van der Waals surface area contributed by atoms with Crippen molar-refractivity contribution in [1.82, 2.24) is 29.8 Å². The van der Waals surface area contributed by atoms with Crippen molar-refractivity contribution < 1.29 is 18.6 Å². The Labute approximate surface area is 243 Å². The van der Waals surface area contributed by atoms with Crippen molar-refractivity contribution >= 4 is 49.8 Å². The molecule has 3 heterocycles. The van der Waals surface area contributed by atoms with Crippen molar-refractivity contribution in [2.45, 2.75) is 33.9 Å². The van der Waals surface area contributed by atoms with Crippen LogP contribution in [0.15, 0.2) is 54.6 Å². The van der Waals surface area contributed by atoms with Crippen molar-refractivity contribution in [2.75, 3.05) is 19.1 Å². The molecule has 6 rings (SSSR count). The monoisotopic (exact) mass is 593 g/mol. The van der Waals surface area contributed by atoms with Crippen LogP contribution in [0.3, 0.4) is 0 Å². The highest BCUT2D eigenvalue weighted by molar-refractivity contribution is 5.85. The molecule has 3 aromatic heterocycles. The number of aryl methyl sites for hydroxylation is 5. The summed E-state index contributed by atoms with van der Waals surface area (Å²) < 4.78 is 27.6. The Hall–Kier alpha value is -5.47. The van der Waals surface area contributed by atoms with Gasteiger partial charge >= 0.3 is 0 Å². The average Bonchev–Trinajstić information content (AvgIpc) is 3.61. The molecular formula is C28H29F2N9O4. The molecule has 224 valence electrons. The number of nitrogens with one attached hydrogen (secondary N) is 1. The highest BCUT2D eigenvalue weighted by Crippen LogP contribution is 2.24. The lowest BCUT2D eigenvalue weighted by molar-refractivity contribution is -0.384. The number of rotatable bonds is 6. The molecule has 3 aromatic carbocycles. The van der Waals surface area contributed by atoms with E-state index < -0.39 is 23.2 Å². The Morgan fingerprint density at radius 3 is 1.79 bits per heavy atom. The first-order valence-electron chi connectivity index (χ1n) is 13.1. The second kappa shape index (κ2) is 13.0. The largest absolute Gasteiger partial charge is 0.399 e. The SMILES string of the molecule is Cc1[nH]nc2cc([N+](=O)[O-])ccc12.Cc1nn(CCF)c2cc(N)ccc12.Cc1nn(CCF)c2cc([N+](=O)[O-])ccc12. The van der Waals surface area contributed by atoms with E-state index in [9.17, 15) is 29.0 Å². The van der Waals surface area contributed by atoms with Gasteiger partial charge in [0.2, 0.25) is 0 Å². The number of nitrogens with two attached hydrogens (primary N) is 1. The molecule has 0 spiro atoms. The number of nitrogen functional groups attached to an aromatic ring is 1. The molecule has 13 nitrogen and oxygen atoms in total. The van der Waals surface area contributed by atoms with Gasteiger partial charge in [-0.1, -0.05) is 0 Å². The number of anilines is 1. The number of halogens is 2. The summed E-state index contributed by atoms with van der Waals surface area (Å²) in [6.07, 6.45) is 0. The lowest BCUT2D eigenvalue weighted by atomic mass is 10.2. The summed E-state index contributed by atoms with van der Waals surface area (Å²) in [4.78, 5) is 20.1. The van der Waals surface area contributed by atoms with E-state index in [4.69, 9.17) is 5.73 Å². The van der Waals surface area contributed by atoms with Crippen LogP contribution in [-0.4, -0.2) is 53.0 Å². The van der Waals surface area contributed by atoms with Crippen LogP contribution in [0.4, 0.5) is 25.8 Å². The normalized spacial score (nSPS) is 10.8. The second-order valence-corrected chi connectivity index (χ2v) is 9.54. The molecule has 0 bridgehead atoms. The lowest BCUT2D eigenvalue weighted by Crippen LogP contribution is -2.01. The van der Waals surface area contributed by atoms with Gasteiger partial charge in [0.1, 0.15) is 13.3 Å². The Bertz CT molecular complexity index is 1930. The summed E-state index contributed by atoms with van der Waals surface area (Å²) in [6, 6.07) is 14.7. The smallest absolute Gasteiger partial charge is 0.271 e. The quantitative estimate of drug-likeness (QED) is 0.136. The summed E-state index contributed by atoms with van der Waals surface area (Å²) in [6.45, 7) is 5.03. The highest BCUT2D eigenvalue weighted by atomic mass is 19.1. The maximum atomic E-state index is 12.3. The third-order valence-corrected chi connectivity index (χ3v) is 6.62. The van der Waals surface area contributed by atoms with Crippen molar-refractivity contribution in [3.05, 3.63) is 91.9 Å². The summed E-state index contributed by atoms with van der Waals surface area (Å²) >= 11 is 0. The molecule has 0 atom stereocenters. The van der Waals surface area contributed by atoms with E-state index in [1.165, 1.54) is 28.9 Å². The van der Waals surface area contributed by atoms with E-state index in [1.807, 2.05) is 32.0 Å². The van der Waals surface area contributed by atoms with Gasteiger partial charge in [-0.05, 0) is 51.1 Å². The predicted molar refractivity (Wildman–Crippen MR) is 159 cm³/mol. The van der Waals surface area contributed by atoms with Crippen LogP contribution in [0.25, 0.3) is 32.7 Å². The van der Waals surface area contributed by atoms with Gasteiger partial charge in [-0.3, -0.25) is 34.7 Å². The van der Waals surface area contributed by atoms with Gasteiger partial charge < -0.3 is 5.73 Å². The summed E-state index contributed by atoms with van der Waals surface area (Å²) in [7, 11) is 0. The molecule has 0 unspecified atom stereocenters. The fourth-order valence-electron chi connectivity index (χ4n) is 4.55. The van der Waals surface area contributed by atoms with Crippen molar-refractivity contribution in [3.63, 3.8) is 0 Å². The van der Waals surface area contributed by atoms with E-state index in [1.54, 1.807) is 23.7 Å². The lowest BCUT2D eigenvalue weighted by Gasteiger charge is -1.99. The average molecular weight is 594 g/mol. The van der Waals surface area contributed by atoms with Crippen LogP contribution in [0, 0.1) is 41.0 Å². The van der Waals surface area contributed by atoms with E-state index in [2.05, 4.69) is 20.4 Å². The number of H-pyrrole nitrogens is 1. The van der Waals surface area contributed by atoms with E-state index in [-0.39, 0.29) is 24.5 Å². The molecule has 0 saturated carbocycles. The van der Waals surface area contributed by atoms with Crippen molar-refractivity contribution in [3.8, 4) is 0 Å². The van der Waals surface area contributed by atoms with Crippen LogP contribution in [0.1, 0.15) is 17.1 Å². The van der Waals surface area contributed by atoms with E-state index in [0.29, 0.717) is 16.7 Å². The minimum atomic E-state index is -0.543. The predicted octanol–water partition coefficient (Wildman–Crippen LogP) is 5.90. The van der Waals surface area contributed by atoms with Crippen LogP contribution in [-0.2, 0) is 13.1 Å². The Balaban J connectivity index is 0.000000148. The zero-order chi connectivity index (χ0) is 31.3. The van der Waals surface area contributed by atoms with Crippen LogP contribution in [0.2, 0.25) is 0 Å². The number of hydrogen-bond donors (Lipinski definition) is 2. The number of nitro benzene ring substituents is 2. The topological polar surface area (TPSA) is 177 Å². The molecule has 43 heavy (non-hydrogen) atoms. The number of aromatic amines is 1. The van der Waals surface area contributed by atoms with Gasteiger partial charge in [-0.25, -0.2) is 8.78 Å². The van der Waals surface area contributed by atoms with Gasteiger partial charge in [0.05, 0.1) is 50.9 Å². The Morgan fingerprint density at radius 2 is 1.26 bits per heavy atom. The number of fused-ring (bicyclic) bond motifs is 3. The zero-order valence-corrected chi connectivity index (χ0v) is 23.6. The third-order valence-electron chi connectivity index (χ3n) is 6.62. The number of aromatic nitrogens is 6. The molecule has 0 fully saturated rings. The minimum absolute atomic E-state index is 0.00694. The molecule has 0 aliphatic rings. The van der Waals surface area contributed by atoms with Crippen LogP contribution in [0.5, 0.6) is 0 Å². The number of alkyl halides is 2. The highest BCUT2D eigenvalue weighted by Gasteiger charge is 2.13. The van der Waals surface area contributed by atoms with Crippen LogP contribution < -0.4 is 5.73 Å². The molecule has 0 amide bonds. The first kappa shape index (κ1) is 30.5. The standard InChI is InChI=1S/C10H10FN3O2.C10H12FN3.C8H7N3O2/c1-7-9-3-2-8(14(15)16)6-10(9)13(12-7)5-4-11;1-7-9-3-2-8(12)6-10(9)14(13-7)5-4-11;1-5-7-3-2-6(11(12)13)4-8(7)10-9-5/h2-3,6H,4-5H2,1H3;2-3,6H,4-5,12H2,1H3;2-4H,1H3,(H,9,10). The minimum Gasteiger partial charge on any atom is -0.399 e. The molecular weight excluding hydrogens is 564 g/mol.